The molecule has 0 saturated carbocycles. The topological polar surface area (TPSA) is 50.4 Å². The van der Waals surface area contributed by atoms with Gasteiger partial charge in [0.2, 0.25) is 5.91 Å². The quantitative estimate of drug-likeness (QED) is 0.689. The van der Waals surface area contributed by atoms with E-state index in [2.05, 4.69) is 5.48 Å². The number of hydroxylamine groups is 1. The van der Waals surface area contributed by atoms with Crippen LogP contribution in [0.1, 0.15) is 20.8 Å². The summed E-state index contributed by atoms with van der Waals surface area (Å²) >= 11 is 0. The predicted octanol–water partition coefficient (Wildman–Crippen LogP) is 1.23. The molecule has 0 bridgehead atoms. The molecule has 0 radical (unpaired) electrons. The number of halogens is 3. The standard InChI is InChI=1S/C9H17F3N2O2/c1-6(2)4-16-14-7(3)8(15)13-5-9(10,11)12/h6-7,14H,4-5H2,1-3H3,(H,13,15). The average Bonchev–Trinajstić information content (AvgIpc) is 2.12. The lowest BCUT2D eigenvalue weighted by atomic mass is 10.2. The van der Waals surface area contributed by atoms with Crippen molar-refractivity contribution in [3.63, 3.8) is 0 Å². The van der Waals surface area contributed by atoms with Crippen molar-refractivity contribution in [1.82, 2.24) is 10.8 Å². The first-order valence-electron chi connectivity index (χ1n) is 4.94. The number of amides is 1. The highest BCUT2D eigenvalue weighted by molar-refractivity contribution is 5.81. The van der Waals surface area contributed by atoms with Gasteiger partial charge in [0.1, 0.15) is 12.6 Å². The monoisotopic (exact) mass is 242 g/mol. The number of rotatable bonds is 6. The van der Waals surface area contributed by atoms with E-state index in [4.69, 9.17) is 4.84 Å². The number of nitrogens with one attached hydrogen (secondary N) is 2. The van der Waals surface area contributed by atoms with E-state index in [-0.39, 0.29) is 5.92 Å². The van der Waals surface area contributed by atoms with Gasteiger partial charge in [-0.1, -0.05) is 13.8 Å². The Morgan fingerprint density at radius 3 is 2.31 bits per heavy atom. The van der Waals surface area contributed by atoms with Crippen molar-refractivity contribution >= 4 is 5.91 Å². The maximum atomic E-state index is 11.8. The van der Waals surface area contributed by atoms with Gasteiger partial charge in [0.05, 0.1) is 6.61 Å². The smallest absolute Gasteiger partial charge is 0.346 e. The molecule has 2 N–H and O–H groups in total. The molecular weight excluding hydrogens is 225 g/mol. The molecule has 4 nitrogen and oxygen atoms in total. The molecule has 7 heteroatoms. The zero-order valence-corrected chi connectivity index (χ0v) is 9.52. The van der Waals surface area contributed by atoms with Crippen molar-refractivity contribution in [2.45, 2.75) is 33.0 Å². The fourth-order valence-corrected chi connectivity index (χ4v) is 0.734. The molecule has 96 valence electrons. The molecule has 0 fully saturated rings. The Bertz CT molecular complexity index is 219. The van der Waals surface area contributed by atoms with Gasteiger partial charge < -0.3 is 10.2 Å². The van der Waals surface area contributed by atoms with Gasteiger partial charge in [0, 0.05) is 0 Å². The Morgan fingerprint density at radius 1 is 1.31 bits per heavy atom. The minimum atomic E-state index is -4.39. The number of hydrogen-bond donors (Lipinski definition) is 2. The molecule has 1 amide bonds. The number of carbonyl (C=O) groups excluding carboxylic acids is 1. The first-order valence-corrected chi connectivity index (χ1v) is 4.94. The predicted molar refractivity (Wildman–Crippen MR) is 52.5 cm³/mol. The first kappa shape index (κ1) is 15.2. The summed E-state index contributed by atoms with van der Waals surface area (Å²) in [5.41, 5.74) is 2.37. The summed E-state index contributed by atoms with van der Waals surface area (Å²) in [5, 5.41) is 1.75. The molecular formula is C9H17F3N2O2. The van der Waals surface area contributed by atoms with Crippen LogP contribution in [0.3, 0.4) is 0 Å². The molecule has 1 atom stereocenters. The van der Waals surface area contributed by atoms with Crippen molar-refractivity contribution in [3.8, 4) is 0 Å². The lowest BCUT2D eigenvalue weighted by Crippen LogP contribution is -2.45. The van der Waals surface area contributed by atoms with E-state index in [9.17, 15) is 18.0 Å². The second-order valence-electron chi connectivity index (χ2n) is 3.88. The molecule has 16 heavy (non-hydrogen) atoms. The van der Waals surface area contributed by atoms with Crippen LogP contribution in [-0.4, -0.2) is 31.3 Å². The fraction of sp³-hybridized carbons (Fsp3) is 0.889. The van der Waals surface area contributed by atoms with Gasteiger partial charge in [0.25, 0.3) is 0 Å². The molecule has 0 aliphatic rings. The van der Waals surface area contributed by atoms with Crippen molar-refractivity contribution in [1.29, 1.82) is 0 Å². The number of hydrogen-bond acceptors (Lipinski definition) is 3. The summed E-state index contributed by atoms with van der Waals surface area (Å²) in [6.45, 7) is 4.30. The summed E-state index contributed by atoms with van der Waals surface area (Å²) < 4.78 is 35.3. The summed E-state index contributed by atoms with van der Waals surface area (Å²) in [5.74, 6) is -0.473. The van der Waals surface area contributed by atoms with E-state index in [1.165, 1.54) is 6.92 Å². The second-order valence-corrected chi connectivity index (χ2v) is 3.88. The maximum Gasteiger partial charge on any atom is 0.405 e. The van der Waals surface area contributed by atoms with Crippen LogP contribution in [0.5, 0.6) is 0 Å². The second kappa shape index (κ2) is 6.70. The van der Waals surface area contributed by atoms with Crippen LogP contribution in [0, 0.1) is 5.92 Å². The third-order valence-electron chi connectivity index (χ3n) is 1.53. The highest BCUT2D eigenvalue weighted by Gasteiger charge is 2.28. The van der Waals surface area contributed by atoms with Crippen LogP contribution in [0.2, 0.25) is 0 Å². The van der Waals surface area contributed by atoms with Gasteiger partial charge in [-0.3, -0.25) is 4.79 Å². The molecule has 0 aromatic heterocycles. The Hall–Kier alpha value is -0.820. The van der Waals surface area contributed by atoms with Crippen LogP contribution >= 0.6 is 0 Å². The van der Waals surface area contributed by atoms with Crippen molar-refractivity contribution in [2.24, 2.45) is 5.92 Å². The third-order valence-corrected chi connectivity index (χ3v) is 1.53. The molecule has 0 aromatic rings. The van der Waals surface area contributed by atoms with Gasteiger partial charge in [-0.05, 0) is 12.8 Å². The molecule has 0 rings (SSSR count). The number of alkyl halides is 3. The summed E-state index contributed by atoms with van der Waals surface area (Å²) in [6.07, 6.45) is -4.39. The van der Waals surface area contributed by atoms with Crippen LogP contribution in [0.4, 0.5) is 13.2 Å². The SMILES string of the molecule is CC(C)CONC(C)C(=O)NCC(F)(F)F. The number of carbonyl (C=O) groups is 1. The lowest BCUT2D eigenvalue weighted by molar-refractivity contribution is -0.141. The molecule has 0 spiro atoms. The summed E-state index contributed by atoms with van der Waals surface area (Å²) in [6, 6.07) is -0.818. The molecule has 0 aromatic carbocycles. The summed E-state index contributed by atoms with van der Waals surface area (Å²) in [7, 11) is 0. The third kappa shape index (κ3) is 8.49. The van der Waals surface area contributed by atoms with Gasteiger partial charge in [-0.2, -0.15) is 18.7 Å². The highest BCUT2D eigenvalue weighted by atomic mass is 19.4. The molecule has 1 unspecified atom stereocenters. The lowest BCUT2D eigenvalue weighted by Gasteiger charge is -2.15. The van der Waals surface area contributed by atoms with Gasteiger partial charge >= 0.3 is 6.18 Å². The van der Waals surface area contributed by atoms with Crippen LogP contribution in [0.15, 0.2) is 0 Å². The highest BCUT2D eigenvalue weighted by Crippen LogP contribution is 2.12. The zero-order valence-electron chi connectivity index (χ0n) is 9.52. The van der Waals surface area contributed by atoms with E-state index >= 15 is 0 Å². The Balaban J connectivity index is 3.74. The maximum absolute atomic E-state index is 11.8. The van der Waals surface area contributed by atoms with Crippen molar-refractivity contribution < 1.29 is 22.8 Å². The fourth-order valence-electron chi connectivity index (χ4n) is 0.734. The molecule has 0 saturated heterocycles. The summed E-state index contributed by atoms with van der Waals surface area (Å²) in [4.78, 5) is 16.0. The minimum absolute atomic E-state index is 0.276. The largest absolute Gasteiger partial charge is 0.405 e. The Morgan fingerprint density at radius 2 is 1.88 bits per heavy atom. The van der Waals surface area contributed by atoms with E-state index in [1.807, 2.05) is 13.8 Å². The van der Waals surface area contributed by atoms with Crippen LogP contribution in [0.25, 0.3) is 0 Å². The normalized spacial score (nSPS) is 13.9. The van der Waals surface area contributed by atoms with E-state index in [0.717, 1.165) is 0 Å². The van der Waals surface area contributed by atoms with Gasteiger partial charge in [0.15, 0.2) is 0 Å². The molecule has 0 aliphatic heterocycles. The van der Waals surface area contributed by atoms with Gasteiger partial charge in [-0.25, -0.2) is 0 Å². The van der Waals surface area contributed by atoms with Crippen molar-refractivity contribution in [3.05, 3.63) is 0 Å². The first-order chi connectivity index (χ1) is 7.22. The van der Waals surface area contributed by atoms with Gasteiger partial charge in [-0.15, -0.1) is 0 Å². The minimum Gasteiger partial charge on any atom is -0.346 e. The molecule has 0 aliphatic carbocycles. The van der Waals surface area contributed by atoms with Crippen LogP contribution in [-0.2, 0) is 9.63 Å². The van der Waals surface area contributed by atoms with Crippen molar-refractivity contribution in [2.75, 3.05) is 13.2 Å². The average molecular weight is 242 g/mol. The van der Waals surface area contributed by atoms with E-state index in [1.54, 1.807) is 5.32 Å². The van der Waals surface area contributed by atoms with Crippen LogP contribution < -0.4 is 10.8 Å². The zero-order chi connectivity index (χ0) is 12.8. The molecule has 0 heterocycles. The Kier molecular flexibility index (Phi) is 6.35. The van der Waals surface area contributed by atoms with E-state index < -0.39 is 24.7 Å². The van der Waals surface area contributed by atoms with E-state index in [0.29, 0.717) is 6.61 Å². The Labute approximate surface area is 92.5 Å².